The molecule has 1 unspecified atom stereocenters. The second kappa shape index (κ2) is 8.30. The van der Waals surface area contributed by atoms with Crippen molar-refractivity contribution in [1.29, 1.82) is 0 Å². The van der Waals surface area contributed by atoms with Crippen LogP contribution >= 0.6 is 11.3 Å². The Bertz CT molecular complexity index is 701. The van der Waals surface area contributed by atoms with Crippen LogP contribution < -0.4 is 15.8 Å². The Balaban J connectivity index is 1.93. The number of thiazole rings is 1. The van der Waals surface area contributed by atoms with Crippen LogP contribution in [-0.4, -0.2) is 30.2 Å². The standard InChI is InChI=1S/C16H18F3N3O2S/c1-10(21-15(23)13-8-25-14(22-13)6-7-20)11-2-4-12(5-3-11)24-9-16(17,18)19/h2-5,8,10H,6-7,9,20H2,1H3,(H,21,23). The Morgan fingerprint density at radius 1 is 1.36 bits per heavy atom. The van der Waals surface area contributed by atoms with Gasteiger partial charge in [-0.25, -0.2) is 4.98 Å². The van der Waals surface area contributed by atoms with Crippen LogP contribution in [0.3, 0.4) is 0 Å². The van der Waals surface area contributed by atoms with Gasteiger partial charge >= 0.3 is 6.18 Å². The number of hydrogen-bond donors (Lipinski definition) is 2. The molecule has 0 aliphatic heterocycles. The van der Waals surface area contributed by atoms with Gasteiger partial charge < -0.3 is 15.8 Å². The van der Waals surface area contributed by atoms with Gasteiger partial charge in [0, 0.05) is 11.8 Å². The number of nitrogens with zero attached hydrogens (tertiary/aromatic N) is 1. The van der Waals surface area contributed by atoms with Crippen LogP contribution in [0.4, 0.5) is 13.2 Å². The highest BCUT2D eigenvalue weighted by Crippen LogP contribution is 2.21. The fraction of sp³-hybridized carbons (Fsp3) is 0.375. The number of benzene rings is 1. The second-order valence-corrected chi connectivity index (χ2v) is 6.28. The van der Waals surface area contributed by atoms with E-state index in [0.29, 0.717) is 18.7 Å². The predicted molar refractivity (Wildman–Crippen MR) is 88.7 cm³/mol. The van der Waals surface area contributed by atoms with Crippen molar-refractivity contribution in [3.05, 3.63) is 45.9 Å². The first-order valence-electron chi connectivity index (χ1n) is 7.53. The number of nitrogens with one attached hydrogen (secondary N) is 1. The van der Waals surface area contributed by atoms with Crippen LogP contribution in [0.1, 0.15) is 34.0 Å². The van der Waals surface area contributed by atoms with Crippen molar-refractivity contribution in [1.82, 2.24) is 10.3 Å². The number of hydrogen-bond acceptors (Lipinski definition) is 5. The number of aromatic nitrogens is 1. The second-order valence-electron chi connectivity index (χ2n) is 5.33. The van der Waals surface area contributed by atoms with Crippen molar-refractivity contribution in [2.45, 2.75) is 25.6 Å². The summed E-state index contributed by atoms with van der Waals surface area (Å²) < 4.78 is 41.0. The van der Waals surface area contributed by atoms with Crippen molar-refractivity contribution in [3.63, 3.8) is 0 Å². The molecule has 2 rings (SSSR count). The summed E-state index contributed by atoms with van der Waals surface area (Å²) in [5.74, 6) is -0.199. The van der Waals surface area contributed by atoms with Crippen LogP contribution in [-0.2, 0) is 6.42 Å². The zero-order valence-electron chi connectivity index (χ0n) is 13.5. The summed E-state index contributed by atoms with van der Waals surface area (Å²) in [6, 6.07) is 5.76. The zero-order chi connectivity index (χ0) is 18.4. The molecule has 1 atom stereocenters. The number of carbonyl (C=O) groups is 1. The molecule has 0 aliphatic carbocycles. The summed E-state index contributed by atoms with van der Waals surface area (Å²) >= 11 is 1.37. The first-order chi connectivity index (χ1) is 11.8. The molecular weight excluding hydrogens is 355 g/mol. The van der Waals surface area contributed by atoms with Gasteiger partial charge in [-0.15, -0.1) is 11.3 Å². The lowest BCUT2D eigenvalue weighted by Gasteiger charge is -2.14. The first-order valence-corrected chi connectivity index (χ1v) is 8.41. The molecule has 5 nitrogen and oxygen atoms in total. The fourth-order valence-electron chi connectivity index (χ4n) is 2.03. The lowest BCUT2D eigenvalue weighted by molar-refractivity contribution is -0.153. The van der Waals surface area contributed by atoms with E-state index in [-0.39, 0.29) is 17.7 Å². The number of nitrogens with two attached hydrogens (primary N) is 1. The first kappa shape index (κ1) is 19.2. The maximum Gasteiger partial charge on any atom is 0.422 e. The molecule has 1 aromatic heterocycles. The van der Waals surface area contributed by atoms with Gasteiger partial charge in [0.2, 0.25) is 0 Å². The molecule has 1 amide bonds. The van der Waals surface area contributed by atoms with Gasteiger partial charge in [0.1, 0.15) is 11.4 Å². The van der Waals surface area contributed by atoms with Crippen molar-refractivity contribution in [2.75, 3.05) is 13.2 Å². The smallest absolute Gasteiger partial charge is 0.422 e. The Hall–Kier alpha value is -2.13. The minimum absolute atomic E-state index is 0.116. The number of halogens is 3. The number of ether oxygens (including phenoxy) is 1. The van der Waals surface area contributed by atoms with Crippen LogP contribution in [0.15, 0.2) is 29.6 Å². The lowest BCUT2D eigenvalue weighted by Crippen LogP contribution is -2.27. The molecule has 9 heteroatoms. The average Bonchev–Trinajstić information content (AvgIpc) is 3.02. The normalized spacial score (nSPS) is 12.7. The van der Waals surface area contributed by atoms with E-state index in [1.165, 1.54) is 23.5 Å². The zero-order valence-corrected chi connectivity index (χ0v) is 14.3. The summed E-state index contributed by atoms with van der Waals surface area (Å²) in [4.78, 5) is 16.4. The highest BCUT2D eigenvalue weighted by atomic mass is 32.1. The Morgan fingerprint density at radius 3 is 2.64 bits per heavy atom. The quantitative estimate of drug-likeness (QED) is 0.782. The highest BCUT2D eigenvalue weighted by Gasteiger charge is 2.28. The van der Waals surface area contributed by atoms with Crippen molar-refractivity contribution >= 4 is 17.2 Å². The molecule has 0 radical (unpaired) electrons. The van der Waals surface area contributed by atoms with Gasteiger partial charge in [-0.05, 0) is 31.2 Å². The molecule has 0 fully saturated rings. The topological polar surface area (TPSA) is 77.2 Å². The summed E-state index contributed by atoms with van der Waals surface area (Å²) in [6.07, 6.45) is -3.76. The Morgan fingerprint density at radius 2 is 2.04 bits per heavy atom. The van der Waals surface area contributed by atoms with Crippen LogP contribution in [0.2, 0.25) is 0 Å². The van der Waals surface area contributed by atoms with E-state index >= 15 is 0 Å². The van der Waals surface area contributed by atoms with Gasteiger partial charge in [-0.3, -0.25) is 4.79 Å². The van der Waals surface area contributed by atoms with Crippen molar-refractivity contribution in [3.8, 4) is 5.75 Å². The molecule has 0 saturated carbocycles. The van der Waals surface area contributed by atoms with Crippen LogP contribution in [0.5, 0.6) is 5.75 Å². The van der Waals surface area contributed by atoms with Crippen LogP contribution in [0.25, 0.3) is 0 Å². The number of amides is 1. The van der Waals surface area contributed by atoms with Gasteiger partial charge in [0.05, 0.1) is 11.0 Å². The number of rotatable bonds is 7. The summed E-state index contributed by atoms with van der Waals surface area (Å²) in [7, 11) is 0. The Kier molecular flexibility index (Phi) is 6.38. The van der Waals surface area contributed by atoms with E-state index in [1.54, 1.807) is 24.4 Å². The monoisotopic (exact) mass is 373 g/mol. The molecule has 3 N–H and O–H groups in total. The molecule has 0 spiro atoms. The highest BCUT2D eigenvalue weighted by molar-refractivity contribution is 7.09. The third-order valence-electron chi connectivity index (χ3n) is 3.27. The number of carbonyl (C=O) groups excluding carboxylic acids is 1. The summed E-state index contributed by atoms with van der Waals surface area (Å²) in [6.45, 7) is 0.901. The lowest BCUT2D eigenvalue weighted by atomic mass is 10.1. The van der Waals surface area contributed by atoms with Gasteiger partial charge in [0.25, 0.3) is 5.91 Å². The molecule has 0 bridgehead atoms. The maximum atomic E-state index is 12.2. The van der Waals surface area contributed by atoms with Crippen molar-refractivity contribution < 1.29 is 22.7 Å². The molecule has 1 aromatic carbocycles. The van der Waals surface area contributed by atoms with Gasteiger partial charge in [0.15, 0.2) is 6.61 Å². The number of alkyl halides is 3. The van der Waals surface area contributed by atoms with Gasteiger partial charge in [-0.2, -0.15) is 13.2 Å². The molecular formula is C16H18F3N3O2S. The molecule has 1 heterocycles. The van der Waals surface area contributed by atoms with Crippen molar-refractivity contribution in [2.24, 2.45) is 5.73 Å². The molecule has 136 valence electrons. The molecule has 25 heavy (non-hydrogen) atoms. The minimum atomic E-state index is -4.38. The average molecular weight is 373 g/mol. The molecule has 2 aromatic rings. The predicted octanol–water partition coefficient (Wildman–Crippen LogP) is 3.08. The fourth-order valence-corrected chi connectivity index (χ4v) is 2.82. The Labute approximate surface area is 147 Å². The minimum Gasteiger partial charge on any atom is -0.484 e. The van der Waals surface area contributed by atoms with E-state index in [4.69, 9.17) is 5.73 Å². The SMILES string of the molecule is CC(NC(=O)c1csc(CCN)n1)c1ccc(OCC(F)(F)F)cc1. The summed E-state index contributed by atoms with van der Waals surface area (Å²) in [5.41, 5.74) is 6.52. The third-order valence-corrected chi connectivity index (χ3v) is 4.18. The van der Waals surface area contributed by atoms with Gasteiger partial charge in [-0.1, -0.05) is 12.1 Å². The maximum absolute atomic E-state index is 12.2. The largest absolute Gasteiger partial charge is 0.484 e. The van der Waals surface area contributed by atoms with E-state index in [1.807, 2.05) is 0 Å². The van der Waals surface area contributed by atoms with Crippen LogP contribution in [0, 0.1) is 0 Å². The third kappa shape index (κ3) is 6.02. The van der Waals surface area contributed by atoms with E-state index in [0.717, 1.165) is 10.6 Å². The summed E-state index contributed by atoms with van der Waals surface area (Å²) in [5, 5.41) is 5.26. The van der Waals surface area contributed by atoms with E-state index in [9.17, 15) is 18.0 Å². The van der Waals surface area contributed by atoms with E-state index in [2.05, 4.69) is 15.0 Å². The molecule has 0 saturated heterocycles. The van der Waals surface area contributed by atoms with E-state index < -0.39 is 12.8 Å². The molecule has 0 aliphatic rings.